The Morgan fingerprint density at radius 3 is 2.83 bits per heavy atom. The van der Waals surface area contributed by atoms with E-state index in [9.17, 15) is 4.21 Å². The van der Waals surface area contributed by atoms with Crippen LogP contribution >= 0.6 is 11.3 Å². The predicted molar refractivity (Wildman–Crippen MR) is 101 cm³/mol. The lowest BCUT2D eigenvalue weighted by molar-refractivity contribution is 0.636. The normalized spacial score (nSPS) is 17.0. The molecule has 1 saturated heterocycles. The molecular weight excluding hydrogens is 339 g/mol. The maximum absolute atomic E-state index is 11.9. The molecule has 3 rings (SSSR count). The fraction of sp³-hybridized carbons (Fsp3) is 0.562. The third-order valence-corrected chi connectivity index (χ3v) is 6.21. The fourth-order valence-corrected chi connectivity index (χ4v) is 4.75. The van der Waals surface area contributed by atoms with Gasteiger partial charge in [0.1, 0.15) is 10.6 Å². The number of rotatable bonds is 5. The van der Waals surface area contributed by atoms with Gasteiger partial charge in [0.05, 0.1) is 16.2 Å². The van der Waals surface area contributed by atoms with E-state index < -0.39 is 10.8 Å². The van der Waals surface area contributed by atoms with Gasteiger partial charge >= 0.3 is 0 Å². The molecule has 0 spiro atoms. The van der Waals surface area contributed by atoms with Gasteiger partial charge in [-0.25, -0.2) is 15.2 Å². The predicted octanol–water partition coefficient (Wildman–Crippen LogP) is 3.51. The lowest BCUT2D eigenvalue weighted by Gasteiger charge is -2.25. The van der Waals surface area contributed by atoms with Gasteiger partial charge in [-0.05, 0) is 25.3 Å². The first-order valence-electron chi connectivity index (χ1n) is 8.40. The molecule has 1 N–H and O–H groups in total. The van der Waals surface area contributed by atoms with E-state index in [1.807, 2.05) is 0 Å². The average molecular weight is 360 g/mol. The molecule has 0 aromatic carbocycles. The van der Waals surface area contributed by atoms with Crippen molar-refractivity contribution in [2.75, 3.05) is 11.6 Å². The highest BCUT2D eigenvalue weighted by Crippen LogP contribution is 2.32. The van der Waals surface area contributed by atoms with Crippen molar-refractivity contribution in [1.82, 2.24) is 9.97 Å². The molecule has 24 heavy (non-hydrogen) atoms. The maximum Gasteiger partial charge on any atom is 0.268 e. The van der Waals surface area contributed by atoms with Gasteiger partial charge in [-0.1, -0.05) is 26.0 Å². The smallest absolute Gasteiger partial charge is 0.268 e. The minimum Gasteiger partial charge on any atom is -0.367 e. The third kappa shape index (κ3) is 3.78. The van der Waals surface area contributed by atoms with Crippen molar-refractivity contribution in [2.24, 2.45) is 0 Å². The van der Waals surface area contributed by atoms with Crippen LogP contribution in [0, 0.1) is 11.2 Å². The second-order valence-electron chi connectivity index (χ2n) is 6.31. The van der Waals surface area contributed by atoms with Crippen LogP contribution < -0.4 is 5.32 Å². The Morgan fingerprint density at radius 1 is 1.46 bits per heavy atom. The van der Waals surface area contributed by atoms with Gasteiger partial charge in [-0.2, -0.15) is 0 Å². The Kier molecular flexibility index (Phi) is 5.52. The molecule has 1 unspecified atom stereocenters. The molecule has 1 atom stereocenters. The van der Waals surface area contributed by atoms with Crippen molar-refractivity contribution in [2.45, 2.75) is 56.4 Å². The van der Waals surface area contributed by atoms with Crippen LogP contribution in [0.5, 0.6) is 0 Å². The third-order valence-electron chi connectivity index (χ3n) is 4.43. The molecule has 0 bridgehead atoms. The van der Waals surface area contributed by atoms with Crippen LogP contribution in [0.15, 0.2) is 11.2 Å². The number of thiophene rings is 1. The van der Waals surface area contributed by atoms with E-state index in [1.165, 1.54) is 4.88 Å². The molecule has 0 aliphatic carbocycles. The number of nitriles is 1. The van der Waals surface area contributed by atoms with Gasteiger partial charge in [0, 0.05) is 23.1 Å². The van der Waals surface area contributed by atoms with E-state index in [-0.39, 0.29) is 6.71 Å². The van der Waals surface area contributed by atoms with Gasteiger partial charge < -0.3 is 5.32 Å². The van der Waals surface area contributed by atoms with Gasteiger partial charge in [0.2, 0.25) is 5.16 Å². The maximum atomic E-state index is 11.9. The summed E-state index contributed by atoms with van der Waals surface area (Å²) in [4.78, 5) is 11.2. The fourth-order valence-electron chi connectivity index (χ4n) is 3.12. The van der Waals surface area contributed by atoms with E-state index >= 15 is 0 Å². The summed E-state index contributed by atoms with van der Waals surface area (Å²) in [5, 5.41) is 14.0. The van der Waals surface area contributed by atoms with Crippen molar-refractivity contribution in [3.05, 3.63) is 10.9 Å². The van der Waals surface area contributed by atoms with Crippen molar-refractivity contribution < 1.29 is 4.21 Å². The first-order valence-corrected chi connectivity index (χ1v) is 10.8. The second kappa shape index (κ2) is 7.62. The van der Waals surface area contributed by atoms with Crippen LogP contribution in [0.2, 0.25) is 12.6 Å². The zero-order valence-corrected chi connectivity index (χ0v) is 15.7. The highest BCUT2D eigenvalue weighted by molar-refractivity contribution is 7.84. The standard InChI is InChI=1S/C16H21BN4OS2/c1-3-4-12-9-13-14(19-11-5-7-17(10-18)8-6-11)20-16(24(2)22)21-15(13)23-12/h9,11H,3-8H2,1-2H3,(H,19,20,21). The zero-order chi connectivity index (χ0) is 17.1. The van der Waals surface area contributed by atoms with Crippen molar-refractivity contribution in [1.29, 1.82) is 5.26 Å². The van der Waals surface area contributed by atoms with Crippen molar-refractivity contribution in [3.8, 4) is 5.97 Å². The molecule has 0 amide bonds. The molecule has 126 valence electrons. The van der Waals surface area contributed by atoms with Gasteiger partial charge in [-0.15, -0.1) is 11.3 Å². The minimum absolute atomic E-state index is 0.185. The highest BCUT2D eigenvalue weighted by Gasteiger charge is 2.25. The molecule has 0 radical (unpaired) electrons. The summed E-state index contributed by atoms with van der Waals surface area (Å²) in [6, 6.07) is 2.48. The van der Waals surface area contributed by atoms with Crippen LogP contribution in [0.1, 0.15) is 31.1 Å². The quantitative estimate of drug-likeness (QED) is 0.652. The molecular formula is C16H21BN4OS2. The van der Waals surface area contributed by atoms with E-state index in [0.29, 0.717) is 11.2 Å². The Morgan fingerprint density at radius 2 is 2.21 bits per heavy atom. The van der Waals surface area contributed by atoms with Crippen molar-refractivity contribution >= 4 is 44.9 Å². The van der Waals surface area contributed by atoms with Crippen LogP contribution in [0.3, 0.4) is 0 Å². The lowest BCUT2D eigenvalue weighted by Crippen LogP contribution is -2.29. The van der Waals surface area contributed by atoms with Crippen molar-refractivity contribution in [3.63, 3.8) is 0 Å². The average Bonchev–Trinajstić information content (AvgIpc) is 2.98. The summed E-state index contributed by atoms with van der Waals surface area (Å²) < 4.78 is 11.9. The number of nitrogens with one attached hydrogen (secondary N) is 1. The summed E-state index contributed by atoms with van der Waals surface area (Å²) in [6.45, 7) is 2.35. The molecule has 3 heterocycles. The summed E-state index contributed by atoms with van der Waals surface area (Å²) in [7, 11) is -1.20. The molecule has 1 fully saturated rings. The first-order chi connectivity index (χ1) is 11.6. The van der Waals surface area contributed by atoms with Crippen LogP contribution in [0.25, 0.3) is 10.2 Å². The Balaban J connectivity index is 1.90. The Hall–Kier alpha value is -1.46. The monoisotopic (exact) mass is 360 g/mol. The number of hydrogen-bond acceptors (Lipinski definition) is 6. The molecule has 1 aliphatic heterocycles. The summed E-state index contributed by atoms with van der Waals surface area (Å²) in [5.74, 6) is 3.16. The van der Waals surface area contributed by atoms with E-state index in [2.05, 4.69) is 34.2 Å². The lowest BCUT2D eigenvalue weighted by atomic mass is 9.42. The molecule has 2 aromatic heterocycles. The second-order valence-corrected chi connectivity index (χ2v) is 8.70. The molecule has 8 heteroatoms. The minimum atomic E-state index is -1.20. The zero-order valence-electron chi connectivity index (χ0n) is 14.0. The van der Waals surface area contributed by atoms with Crippen LogP contribution in [0.4, 0.5) is 5.82 Å². The Bertz CT molecular complexity index is 793. The molecule has 0 saturated carbocycles. The Labute approximate surface area is 149 Å². The van der Waals surface area contributed by atoms with Crippen LogP contribution in [-0.4, -0.2) is 33.2 Å². The molecule has 1 aliphatic rings. The summed E-state index contributed by atoms with van der Waals surface area (Å²) >= 11 is 1.67. The SMILES string of the molecule is CCCc1cc2c(NC3CCB(C#N)CC3)nc(S(C)=O)nc2s1. The number of aromatic nitrogens is 2. The first kappa shape index (κ1) is 17.4. The number of anilines is 1. The molecule has 2 aromatic rings. The van der Waals surface area contributed by atoms with E-state index in [1.54, 1.807) is 17.6 Å². The highest BCUT2D eigenvalue weighted by atomic mass is 32.2. The number of nitrogens with zero attached hydrogens (tertiary/aromatic N) is 3. The number of hydrogen-bond donors (Lipinski definition) is 1. The largest absolute Gasteiger partial charge is 0.367 e. The number of fused-ring (bicyclic) bond motifs is 1. The van der Waals surface area contributed by atoms with Gasteiger partial charge in [0.25, 0.3) is 6.71 Å². The van der Waals surface area contributed by atoms with E-state index in [4.69, 9.17) is 5.26 Å². The van der Waals surface area contributed by atoms with Crippen LogP contribution in [-0.2, 0) is 17.2 Å². The van der Waals surface area contributed by atoms with E-state index in [0.717, 1.165) is 54.4 Å². The van der Waals surface area contributed by atoms with Gasteiger partial charge in [-0.3, -0.25) is 4.21 Å². The molecule has 5 nitrogen and oxygen atoms in total. The summed E-state index contributed by atoms with van der Waals surface area (Å²) in [6.07, 6.45) is 7.54. The topological polar surface area (TPSA) is 78.7 Å². The summed E-state index contributed by atoms with van der Waals surface area (Å²) in [5.41, 5.74) is 0. The van der Waals surface area contributed by atoms with Gasteiger partial charge in [0.15, 0.2) is 0 Å². The number of aryl methyl sites for hydroxylation is 1.